The van der Waals surface area contributed by atoms with Crippen molar-refractivity contribution < 1.29 is 24.0 Å². The van der Waals surface area contributed by atoms with Crippen LogP contribution in [0.25, 0.3) is 12.2 Å². The second-order valence-electron chi connectivity index (χ2n) is 5.38. The van der Waals surface area contributed by atoms with Crippen LogP contribution in [-0.2, 0) is 9.59 Å². The first-order valence-corrected chi connectivity index (χ1v) is 7.60. The number of rotatable bonds is 6. The van der Waals surface area contributed by atoms with Crippen molar-refractivity contribution >= 4 is 29.9 Å². The zero-order valence-electron chi connectivity index (χ0n) is 13.5. The van der Waals surface area contributed by atoms with Gasteiger partial charge in [0.05, 0.1) is 10.5 Å². The van der Waals surface area contributed by atoms with Gasteiger partial charge in [0, 0.05) is 12.1 Å². The first-order valence-electron chi connectivity index (χ1n) is 7.60. The van der Waals surface area contributed by atoms with Crippen LogP contribution in [0.5, 0.6) is 11.5 Å². The Morgan fingerprint density at radius 1 is 1.08 bits per heavy atom. The monoisotopic (exact) mass is 351 g/mol. The number of hydrogen-bond acceptors (Lipinski definition) is 6. The number of carbonyl (C=O) groups is 2. The molecule has 26 heavy (non-hydrogen) atoms. The molecule has 1 heterocycles. The average Bonchev–Trinajstić information content (AvgIpc) is 3.12. The predicted molar refractivity (Wildman–Crippen MR) is 93.7 cm³/mol. The topological polar surface area (TPSA) is 95.7 Å². The van der Waals surface area contributed by atoms with Crippen molar-refractivity contribution in [3.8, 4) is 11.5 Å². The van der Waals surface area contributed by atoms with Crippen LogP contribution in [0, 0.1) is 10.1 Å². The van der Waals surface area contributed by atoms with Crippen LogP contribution in [0.4, 0.5) is 5.69 Å². The Labute approximate surface area is 148 Å². The molecule has 0 spiro atoms. The standard InChI is InChI=1S/C19H13NO6/c21-11-15(8-14-2-1-3-16(9-14)20(23)24)17(22)6-4-13-5-7-18-19(10-13)26-12-25-18/h1-11H,12H2. The van der Waals surface area contributed by atoms with Crippen molar-refractivity contribution in [1.29, 1.82) is 0 Å². The highest BCUT2D eigenvalue weighted by Gasteiger charge is 2.13. The molecule has 7 nitrogen and oxygen atoms in total. The molecule has 0 N–H and O–H groups in total. The average molecular weight is 351 g/mol. The van der Waals surface area contributed by atoms with Gasteiger partial charge in [-0.05, 0) is 35.4 Å². The van der Waals surface area contributed by atoms with Crippen LogP contribution < -0.4 is 9.47 Å². The first kappa shape index (κ1) is 17.1. The fraction of sp³-hybridized carbons (Fsp3) is 0.0526. The molecule has 0 atom stereocenters. The lowest BCUT2D eigenvalue weighted by atomic mass is 10.1. The molecule has 0 aromatic heterocycles. The van der Waals surface area contributed by atoms with E-state index < -0.39 is 10.7 Å². The number of ether oxygens (including phenoxy) is 2. The van der Waals surface area contributed by atoms with E-state index in [0.29, 0.717) is 28.9 Å². The number of nitrogens with zero attached hydrogens (tertiary/aromatic N) is 1. The number of aldehydes is 1. The summed E-state index contributed by atoms with van der Waals surface area (Å²) < 4.78 is 10.5. The van der Waals surface area contributed by atoms with Crippen LogP contribution in [0.2, 0.25) is 0 Å². The highest BCUT2D eigenvalue weighted by molar-refractivity contribution is 6.21. The van der Waals surface area contributed by atoms with Crippen molar-refractivity contribution in [2.75, 3.05) is 6.79 Å². The molecule has 130 valence electrons. The van der Waals surface area contributed by atoms with Crippen LogP contribution in [0.1, 0.15) is 11.1 Å². The maximum Gasteiger partial charge on any atom is 0.270 e. The van der Waals surface area contributed by atoms with Gasteiger partial charge in [-0.15, -0.1) is 0 Å². The van der Waals surface area contributed by atoms with Gasteiger partial charge in [0.2, 0.25) is 6.79 Å². The Bertz CT molecular complexity index is 945. The second-order valence-corrected chi connectivity index (χ2v) is 5.38. The predicted octanol–water partition coefficient (Wildman–Crippen LogP) is 3.19. The van der Waals surface area contributed by atoms with Gasteiger partial charge in [0.25, 0.3) is 5.69 Å². The SMILES string of the molecule is O=CC(=Cc1cccc([N+](=O)[O-])c1)C(=O)C=Cc1ccc2c(c1)OCO2. The number of ketones is 1. The molecule has 7 heteroatoms. The van der Waals surface area contributed by atoms with Crippen molar-refractivity contribution in [2.24, 2.45) is 0 Å². The van der Waals surface area contributed by atoms with Crippen molar-refractivity contribution in [3.05, 3.63) is 75.4 Å². The maximum atomic E-state index is 12.2. The highest BCUT2D eigenvalue weighted by Crippen LogP contribution is 2.32. The van der Waals surface area contributed by atoms with Gasteiger partial charge in [-0.3, -0.25) is 19.7 Å². The molecule has 0 radical (unpaired) electrons. The third-order valence-corrected chi connectivity index (χ3v) is 3.64. The lowest BCUT2D eigenvalue weighted by Gasteiger charge is -1.99. The zero-order valence-corrected chi connectivity index (χ0v) is 13.5. The summed E-state index contributed by atoms with van der Waals surface area (Å²) in [4.78, 5) is 33.7. The van der Waals surface area contributed by atoms with E-state index in [2.05, 4.69) is 0 Å². The van der Waals surface area contributed by atoms with Crippen LogP contribution in [-0.4, -0.2) is 23.8 Å². The molecule has 3 rings (SSSR count). The summed E-state index contributed by atoms with van der Waals surface area (Å²) in [6.45, 7) is 0.155. The number of benzene rings is 2. The zero-order chi connectivity index (χ0) is 18.5. The summed E-state index contributed by atoms with van der Waals surface area (Å²) in [5.74, 6) is 0.708. The molecular formula is C19H13NO6. The Balaban J connectivity index is 1.79. The first-order chi connectivity index (χ1) is 12.6. The van der Waals surface area contributed by atoms with Crippen molar-refractivity contribution in [1.82, 2.24) is 0 Å². The lowest BCUT2D eigenvalue weighted by Crippen LogP contribution is -1.99. The summed E-state index contributed by atoms with van der Waals surface area (Å²) in [7, 11) is 0. The Kier molecular flexibility index (Phi) is 4.89. The number of fused-ring (bicyclic) bond motifs is 1. The number of nitro benzene ring substituents is 1. The van der Waals surface area contributed by atoms with E-state index >= 15 is 0 Å². The van der Waals surface area contributed by atoms with E-state index in [1.165, 1.54) is 30.4 Å². The molecular weight excluding hydrogens is 338 g/mol. The Hall–Kier alpha value is -3.74. The van der Waals surface area contributed by atoms with Gasteiger partial charge in [0.15, 0.2) is 23.6 Å². The molecule has 0 fully saturated rings. The van der Waals surface area contributed by atoms with Gasteiger partial charge in [-0.1, -0.05) is 24.3 Å². The van der Waals surface area contributed by atoms with E-state index in [1.54, 1.807) is 30.3 Å². The third-order valence-electron chi connectivity index (χ3n) is 3.64. The number of nitro groups is 1. The molecule has 2 aromatic rings. The third kappa shape index (κ3) is 3.84. The van der Waals surface area contributed by atoms with Gasteiger partial charge in [-0.25, -0.2) is 0 Å². The molecule has 0 unspecified atom stereocenters. The largest absolute Gasteiger partial charge is 0.454 e. The van der Waals surface area contributed by atoms with Crippen LogP contribution in [0.15, 0.2) is 54.1 Å². The summed E-state index contributed by atoms with van der Waals surface area (Å²) in [5, 5.41) is 10.8. The molecule has 0 bridgehead atoms. The van der Waals surface area contributed by atoms with E-state index in [9.17, 15) is 19.7 Å². The fourth-order valence-electron chi connectivity index (χ4n) is 2.36. The fourth-order valence-corrected chi connectivity index (χ4v) is 2.36. The normalized spacial score (nSPS) is 13.0. The molecule has 0 saturated heterocycles. The van der Waals surface area contributed by atoms with Gasteiger partial charge in [0.1, 0.15) is 0 Å². The smallest absolute Gasteiger partial charge is 0.270 e. The molecule has 1 aliphatic heterocycles. The van der Waals surface area contributed by atoms with Crippen LogP contribution in [0.3, 0.4) is 0 Å². The summed E-state index contributed by atoms with van der Waals surface area (Å²) >= 11 is 0. The molecule has 0 saturated carbocycles. The number of non-ortho nitro benzene ring substituents is 1. The minimum absolute atomic E-state index is 0.109. The maximum absolute atomic E-state index is 12.2. The van der Waals surface area contributed by atoms with E-state index in [0.717, 1.165) is 0 Å². The molecule has 0 aliphatic carbocycles. The van der Waals surface area contributed by atoms with Crippen molar-refractivity contribution in [3.63, 3.8) is 0 Å². The molecule has 0 amide bonds. The minimum atomic E-state index is -0.542. The van der Waals surface area contributed by atoms with Crippen molar-refractivity contribution in [2.45, 2.75) is 0 Å². The Morgan fingerprint density at radius 3 is 2.65 bits per heavy atom. The van der Waals surface area contributed by atoms with Gasteiger partial charge in [-0.2, -0.15) is 0 Å². The minimum Gasteiger partial charge on any atom is -0.454 e. The highest BCUT2D eigenvalue weighted by atomic mass is 16.7. The van der Waals surface area contributed by atoms with Gasteiger partial charge >= 0.3 is 0 Å². The molecule has 2 aromatic carbocycles. The lowest BCUT2D eigenvalue weighted by molar-refractivity contribution is -0.384. The number of allylic oxidation sites excluding steroid dienone is 2. The van der Waals surface area contributed by atoms with E-state index in [1.807, 2.05) is 0 Å². The second kappa shape index (κ2) is 7.43. The van der Waals surface area contributed by atoms with E-state index in [-0.39, 0.29) is 18.1 Å². The van der Waals surface area contributed by atoms with Gasteiger partial charge < -0.3 is 9.47 Å². The summed E-state index contributed by atoms with van der Waals surface area (Å²) in [6.07, 6.45) is 4.54. The number of carbonyl (C=O) groups excluding carboxylic acids is 2. The Morgan fingerprint density at radius 2 is 1.88 bits per heavy atom. The molecule has 1 aliphatic rings. The number of hydrogen-bond donors (Lipinski definition) is 0. The van der Waals surface area contributed by atoms with Crippen LogP contribution >= 0.6 is 0 Å². The summed E-state index contributed by atoms with van der Waals surface area (Å²) in [5.41, 5.74) is 0.879. The van der Waals surface area contributed by atoms with E-state index in [4.69, 9.17) is 9.47 Å². The quantitative estimate of drug-likeness (QED) is 0.198. The summed E-state index contributed by atoms with van der Waals surface area (Å²) in [6, 6.07) is 10.9.